The second-order valence-corrected chi connectivity index (χ2v) is 13.0. The Morgan fingerprint density at radius 1 is 1.26 bits per heavy atom. The fourth-order valence-electron chi connectivity index (χ4n) is 6.47. The molecule has 0 saturated carbocycles. The number of esters is 1. The summed E-state index contributed by atoms with van der Waals surface area (Å²) in [6.45, 7) is 13.7. The van der Waals surface area contributed by atoms with Gasteiger partial charge in [0.25, 0.3) is 0 Å². The number of rotatable bonds is 11. The zero-order valence-corrected chi connectivity index (χ0v) is 23.5. The minimum absolute atomic E-state index is 0.0694. The number of fused-ring (bicyclic) bond motifs is 1. The Morgan fingerprint density at radius 3 is 2.58 bits per heavy atom. The van der Waals surface area contributed by atoms with Crippen LogP contribution >= 0.6 is 11.8 Å². The Labute approximate surface area is 230 Å². The molecule has 7 nitrogen and oxygen atoms in total. The van der Waals surface area contributed by atoms with E-state index in [1.165, 1.54) is 0 Å². The number of allylic oxidation sites excluding steroid dienone is 1. The number of aliphatic hydroxyl groups excluding tert-OH is 1. The predicted octanol–water partition coefficient (Wildman–Crippen LogP) is 4.13. The number of carbonyl (C=O) groups is 3. The summed E-state index contributed by atoms with van der Waals surface area (Å²) in [5, 5.41) is 10.5. The Morgan fingerprint density at radius 2 is 1.97 bits per heavy atom. The quantitative estimate of drug-likeness (QED) is 0.258. The highest BCUT2D eigenvalue weighted by Crippen LogP contribution is 2.67. The van der Waals surface area contributed by atoms with Gasteiger partial charge in [-0.05, 0) is 52.0 Å². The van der Waals surface area contributed by atoms with Gasteiger partial charge in [-0.25, -0.2) is 0 Å². The van der Waals surface area contributed by atoms with E-state index in [9.17, 15) is 19.5 Å². The second kappa shape index (κ2) is 11.3. The molecule has 2 unspecified atom stereocenters. The predicted molar refractivity (Wildman–Crippen MR) is 149 cm³/mol. The number of ether oxygens (including phenoxy) is 1. The number of likely N-dealkylation sites (tertiary alicyclic amines) is 1. The van der Waals surface area contributed by atoms with Gasteiger partial charge in [0.2, 0.25) is 11.8 Å². The van der Waals surface area contributed by atoms with Crippen LogP contribution < -0.4 is 0 Å². The van der Waals surface area contributed by atoms with Crippen LogP contribution in [0.3, 0.4) is 0 Å². The SMILES string of the molecule is C=CCCCOC(=O)[C@@H]1[C@H]2C(=O)N([C@H](CO)c3ccccc3)C(C(=O)N(CC=C)C(C)(C)C)C23CC[C@H]1S3. The maximum Gasteiger partial charge on any atom is 0.310 e. The molecule has 206 valence electrons. The average molecular weight is 541 g/mol. The molecule has 3 saturated heterocycles. The lowest BCUT2D eigenvalue weighted by Crippen LogP contribution is -2.59. The Bertz CT molecular complexity index is 1070. The van der Waals surface area contributed by atoms with Gasteiger partial charge < -0.3 is 19.6 Å². The van der Waals surface area contributed by atoms with Gasteiger partial charge in [-0.1, -0.05) is 42.5 Å². The minimum atomic E-state index is -0.815. The molecule has 3 fully saturated rings. The van der Waals surface area contributed by atoms with Crippen LogP contribution in [0.5, 0.6) is 0 Å². The molecule has 0 aliphatic carbocycles. The smallest absolute Gasteiger partial charge is 0.310 e. The largest absolute Gasteiger partial charge is 0.465 e. The number of thioether (sulfide) groups is 1. The van der Waals surface area contributed by atoms with Crippen LogP contribution in [0.25, 0.3) is 0 Å². The second-order valence-electron chi connectivity index (χ2n) is 11.4. The number of hydrogen-bond acceptors (Lipinski definition) is 6. The van der Waals surface area contributed by atoms with Crippen LogP contribution in [-0.4, -0.2) is 74.0 Å². The van der Waals surface area contributed by atoms with Gasteiger partial charge in [0.15, 0.2) is 0 Å². The van der Waals surface area contributed by atoms with Gasteiger partial charge in [-0.15, -0.1) is 24.9 Å². The Kier molecular flexibility index (Phi) is 8.43. The average Bonchev–Trinajstić information content (AvgIpc) is 3.53. The summed E-state index contributed by atoms with van der Waals surface area (Å²) in [5.74, 6) is -2.06. The summed E-state index contributed by atoms with van der Waals surface area (Å²) in [7, 11) is 0. The number of carbonyl (C=O) groups excluding carboxylic acids is 3. The third kappa shape index (κ3) is 4.81. The maximum atomic E-state index is 14.5. The first-order valence-electron chi connectivity index (χ1n) is 13.5. The maximum absolute atomic E-state index is 14.5. The van der Waals surface area contributed by atoms with Crippen molar-refractivity contribution in [2.45, 2.75) is 74.1 Å². The van der Waals surface area contributed by atoms with Crippen molar-refractivity contribution in [3.8, 4) is 0 Å². The minimum Gasteiger partial charge on any atom is -0.465 e. The molecule has 8 heteroatoms. The third-order valence-electron chi connectivity index (χ3n) is 8.12. The van der Waals surface area contributed by atoms with E-state index < -0.39 is 34.2 Å². The van der Waals surface area contributed by atoms with Crippen LogP contribution in [0, 0.1) is 11.8 Å². The van der Waals surface area contributed by atoms with Crippen LogP contribution in [0.1, 0.15) is 58.1 Å². The van der Waals surface area contributed by atoms with Crippen molar-refractivity contribution in [1.82, 2.24) is 9.80 Å². The fourth-order valence-corrected chi connectivity index (χ4v) is 8.66. The summed E-state index contributed by atoms with van der Waals surface area (Å²) in [6, 6.07) is 7.80. The lowest BCUT2D eigenvalue weighted by Gasteiger charge is -2.43. The number of amides is 2. The van der Waals surface area contributed by atoms with Gasteiger partial charge in [0, 0.05) is 17.3 Å². The summed E-state index contributed by atoms with van der Waals surface area (Å²) in [4.78, 5) is 45.6. The lowest BCUT2D eigenvalue weighted by molar-refractivity contribution is -0.154. The van der Waals surface area contributed by atoms with Crippen molar-refractivity contribution in [2.24, 2.45) is 11.8 Å². The molecule has 0 aromatic heterocycles. The van der Waals surface area contributed by atoms with Crippen LogP contribution in [-0.2, 0) is 19.1 Å². The van der Waals surface area contributed by atoms with E-state index in [4.69, 9.17) is 4.74 Å². The van der Waals surface area contributed by atoms with Crippen LogP contribution in [0.2, 0.25) is 0 Å². The Balaban J connectivity index is 1.78. The summed E-state index contributed by atoms with van der Waals surface area (Å²) in [6.07, 6.45) is 6.30. The number of aliphatic hydroxyl groups is 1. The zero-order chi connectivity index (χ0) is 27.7. The van der Waals surface area contributed by atoms with E-state index in [-0.39, 0.29) is 36.2 Å². The van der Waals surface area contributed by atoms with E-state index in [0.717, 1.165) is 18.4 Å². The van der Waals surface area contributed by atoms with E-state index in [1.807, 2.05) is 51.1 Å². The van der Waals surface area contributed by atoms with Crippen LogP contribution in [0.4, 0.5) is 0 Å². The summed E-state index contributed by atoms with van der Waals surface area (Å²) < 4.78 is 4.89. The van der Waals surface area contributed by atoms with Gasteiger partial charge in [-0.3, -0.25) is 14.4 Å². The molecule has 1 N–H and O–H groups in total. The van der Waals surface area contributed by atoms with Crippen molar-refractivity contribution in [2.75, 3.05) is 19.8 Å². The van der Waals surface area contributed by atoms with E-state index >= 15 is 0 Å². The molecular weight excluding hydrogens is 500 g/mol. The number of hydrogen-bond donors (Lipinski definition) is 1. The fraction of sp³-hybridized carbons (Fsp3) is 0.567. The van der Waals surface area contributed by atoms with E-state index in [0.29, 0.717) is 19.4 Å². The number of unbranched alkanes of at least 4 members (excludes halogenated alkanes) is 1. The molecule has 1 aromatic rings. The number of nitrogens with zero attached hydrogens (tertiary/aromatic N) is 2. The molecule has 1 aromatic carbocycles. The van der Waals surface area contributed by atoms with Crippen molar-refractivity contribution >= 4 is 29.5 Å². The zero-order valence-electron chi connectivity index (χ0n) is 22.7. The first kappa shape index (κ1) is 28.4. The Hall–Kier alpha value is -2.58. The molecular formula is C30H40N2O5S. The topological polar surface area (TPSA) is 87.1 Å². The lowest BCUT2D eigenvalue weighted by atomic mass is 9.71. The van der Waals surface area contributed by atoms with Crippen molar-refractivity contribution in [3.63, 3.8) is 0 Å². The van der Waals surface area contributed by atoms with Crippen molar-refractivity contribution < 1.29 is 24.2 Å². The first-order chi connectivity index (χ1) is 18.1. The van der Waals surface area contributed by atoms with Gasteiger partial charge >= 0.3 is 5.97 Å². The number of benzene rings is 1. The highest BCUT2D eigenvalue weighted by atomic mass is 32.2. The molecule has 3 aliphatic rings. The normalized spacial score (nSPS) is 28.6. The first-order valence-corrected chi connectivity index (χ1v) is 14.4. The van der Waals surface area contributed by atoms with E-state index in [2.05, 4.69) is 13.2 Å². The summed E-state index contributed by atoms with van der Waals surface area (Å²) >= 11 is 1.61. The van der Waals surface area contributed by atoms with Crippen LogP contribution in [0.15, 0.2) is 55.6 Å². The highest BCUT2D eigenvalue weighted by molar-refractivity contribution is 8.02. The molecule has 38 heavy (non-hydrogen) atoms. The molecule has 0 radical (unpaired) electrons. The van der Waals surface area contributed by atoms with Gasteiger partial charge in [0.1, 0.15) is 6.04 Å². The van der Waals surface area contributed by atoms with Gasteiger partial charge in [0.05, 0.1) is 35.8 Å². The molecule has 3 heterocycles. The molecule has 1 spiro atoms. The van der Waals surface area contributed by atoms with E-state index in [1.54, 1.807) is 33.7 Å². The highest BCUT2D eigenvalue weighted by Gasteiger charge is 2.75. The van der Waals surface area contributed by atoms with Crippen molar-refractivity contribution in [1.29, 1.82) is 0 Å². The van der Waals surface area contributed by atoms with Crippen molar-refractivity contribution in [3.05, 3.63) is 61.2 Å². The third-order valence-corrected chi connectivity index (χ3v) is 10.1. The molecule has 2 bridgehead atoms. The van der Waals surface area contributed by atoms with Gasteiger partial charge in [-0.2, -0.15) is 0 Å². The molecule has 4 rings (SSSR count). The standard InChI is InChI=1S/C30H40N2O5S/c1-6-8-12-18-37-28(36)23-22-15-16-30(38-22)24(23)26(34)32(21(19-33)20-13-10-9-11-14-20)25(30)27(35)31(17-7-2)29(3,4)5/h6-7,9-11,13-14,21-25,33H,1-2,8,12,15-19H2,3-5H3/t21-,22-,23+,24+,25?,30?/m1/s1. The molecule has 2 amide bonds. The molecule has 3 aliphatic heterocycles. The molecule has 6 atom stereocenters. The monoisotopic (exact) mass is 540 g/mol. The summed E-state index contributed by atoms with van der Waals surface area (Å²) in [5.41, 5.74) is 0.243.